The summed E-state index contributed by atoms with van der Waals surface area (Å²) >= 11 is 0. The molecule has 0 bridgehead atoms. The summed E-state index contributed by atoms with van der Waals surface area (Å²) in [7, 11) is 1.51. The van der Waals surface area contributed by atoms with Gasteiger partial charge in [0.05, 0.1) is 12.7 Å². The van der Waals surface area contributed by atoms with Crippen LogP contribution < -0.4 is 19.9 Å². The predicted molar refractivity (Wildman–Crippen MR) is 78.9 cm³/mol. The molecule has 2 rings (SSSR count). The molecule has 0 atom stereocenters. The number of rotatable bonds is 7. The molecular formula is C16H16FNO4. The Morgan fingerprint density at radius 1 is 1.05 bits per heavy atom. The van der Waals surface area contributed by atoms with E-state index in [0.717, 1.165) is 0 Å². The van der Waals surface area contributed by atoms with Crippen molar-refractivity contribution in [3.05, 3.63) is 53.8 Å². The van der Waals surface area contributed by atoms with E-state index in [1.54, 1.807) is 12.1 Å². The van der Waals surface area contributed by atoms with Gasteiger partial charge < -0.3 is 19.9 Å². The zero-order valence-corrected chi connectivity index (χ0v) is 12.0. The summed E-state index contributed by atoms with van der Waals surface area (Å²) in [6.07, 6.45) is 0. The maximum Gasteiger partial charge on any atom is 0.252 e. The van der Waals surface area contributed by atoms with Crippen molar-refractivity contribution in [3.8, 4) is 17.2 Å². The minimum absolute atomic E-state index is 0.199. The molecule has 0 aliphatic heterocycles. The average Bonchev–Trinajstić information content (AvgIpc) is 2.52. The summed E-state index contributed by atoms with van der Waals surface area (Å²) in [5.74, 6) is 0.503. The average molecular weight is 305 g/mol. The molecule has 6 heteroatoms. The zero-order valence-electron chi connectivity index (χ0n) is 12.0. The van der Waals surface area contributed by atoms with Crippen LogP contribution in [-0.4, -0.2) is 26.2 Å². The molecule has 5 nitrogen and oxygen atoms in total. The molecule has 0 fully saturated rings. The Kier molecular flexibility index (Phi) is 5.19. The van der Waals surface area contributed by atoms with Gasteiger partial charge in [0.15, 0.2) is 0 Å². The Labute approximate surface area is 127 Å². The fraction of sp³-hybridized carbons (Fsp3) is 0.188. The molecule has 0 spiro atoms. The van der Waals surface area contributed by atoms with E-state index >= 15 is 0 Å². The molecule has 0 saturated carbocycles. The van der Waals surface area contributed by atoms with E-state index in [9.17, 15) is 9.18 Å². The molecule has 0 unspecified atom stereocenters. The van der Waals surface area contributed by atoms with Crippen molar-refractivity contribution in [1.82, 2.24) is 0 Å². The lowest BCUT2D eigenvalue weighted by Crippen LogP contribution is -2.15. The van der Waals surface area contributed by atoms with Crippen molar-refractivity contribution in [2.24, 2.45) is 5.73 Å². The smallest absolute Gasteiger partial charge is 0.252 e. The number of amides is 1. The van der Waals surface area contributed by atoms with Gasteiger partial charge in [0.25, 0.3) is 5.91 Å². The molecule has 2 N–H and O–H groups in total. The molecule has 1 amide bonds. The third-order valence-corrected chi connectivity index (χ3v) is 2.88. The van der Waals surface area contributed by atoms with Gasteiger partial charge in [0, 0.05) is 6.07 Å². The number of halogens is 1. The number of nitrogens with two attached hydrogens (primary N) is 1. The lowest BCUT2D eigenvalue weighted by molar-refractivity contribution is 0.0995. The fourth-order valence-electron chi connectivity index (χ4n) is 1.79. The van der Waals surface area contributed by atoms with Crippen molar-refractivity contribution in [3.63, 3.8) is 0 Å². The van der Waals surface area contributed by atoms with Crippen LogP contribution in [0.15, 0.2) is 42.5 Å². The Bertz CT molecular complexity index is 643. The van der Waals surface area contributed by atoms with Gasteiger partial charge in [-0.2, -0.15) is 0 Å². The standard InChI is InChI=1S/C16H16FNO4/c1-20-13-6-7-14(16(18)19)15(10-13)22-9-8-21-12-4-2-11(17)3-5-12/h2-7,10H,8-9H2,1H3,(H2,18,19). The zero-order chi connectivity index (χ0) is 15.9. The third kappa shape index (κ3) is 4.12. The maximum absolute atomic E-state index is 12.8. The summed E-state index contributed by atoms with van der Waals surface area (Å²) < 4.78 is 28.7. The fourth-order valence-corrected chi connectivity index (χ4v) is 1.79. The van der Waals surface area contributed by atoms with Crippen molar-refractivity contribution in [2.75, 3.05) is 20.3 Å². The second-order valence-corrected chi connectivity index (χ2v) is 4.38. The van der Waals surface area contributed by atoms with Gasteiger partial charge in [-0.1, -0.05) is 0 Å². The van der Waals surface area contributed by atoms with E-state index in [1.807, 2.05) is 0 Å². The number of hydrogen-bond acceptors (Lipinski definition) is 4. The highest BCUT2D eigenvalue weighted by Gasteiger charge is 2.10. The first kappa shape index (κ1) is 15.6. The van der Waals surface area contributed by atoms with Gasteiger partial charge in [0.2, 0.25) is 0 Å². The predicted octanol–water partition coefficient (Wildman–Crippen LogP) is 2.39. The highest BCUT2D eigenvalue weighted by atomic mass is 19.1. The number of ether oxygens (including phenoxy) is 3. The van der Waals surface area contributed by atoms with E-state index in [2.05, 4.69) is 0 Å². The molecule has 2 aromatic rings. The number of carbonyl (C=O) groups excluding carboxylic acids is 1. The van der Waals surface area contributed by atoms with Crippen molar-refractivity contribution < 1.29 is 23.4 Å². The molecule has 0 aliphatic rings. The van der Waals surface area contributed by atoms with Gasteiger partial charge in [-0.3, -0.25) is 4.79 Å². The second kappa shape index (κ2) is 7.31. The highest BCUT2D eigenvalue weighted by Crippen LogP contribution is 2.24. The molecule has 0 aliphatic carbocycles. The van der Waals surface area contributed by atoms with Crippen LogP contribution in [0, 0.1) is 5.82 Å². The number of benzene rings is 2. The van der Waals surface area contributed by atoms with Gasteiger partial charge in [-0.05, 0) is 36.4 Å². The highest BCUT2D eigenvalue weighted by molar-refractivity contribution is 5.95. The number of carbonyl (C=O) groups is 1. The largest absolute Gasteiger partial charge is 0.497 e. The van der Waals surface area contributed by atoms with E-state index in [-0.39, 0.29) is 24.6 Å². The van der Waals surface area contributed by atoms with Crippen LogP contribution in [0.4, 0.5) is 4.39 Å². The van der Waals surface area contributed by atoms with E-state index in [4.69, 9.17) is 19.9 Å². The van der Waals surface area contributed by atoms with Crippen molar-refractivity contribution >= 4 is 5.91 Å². The third-order valence-electron chi connectivity index (χ3n) is 2.88. The van der Waals surface area contributed by atoms with Crippen LogP contribution in [0.2, 0.25) is 0 Å². The van der Waals surface area contributed by atoms with Crippen LogP contribution in [0.25, 0.3) is 0 Å². The first-order valence-electron chi connectivity index (χ1n) is 6.59. The lowest BCUT2D eigenvalue weighted by Gasteiger charge is -2.12. The lowest BCUT2D eigenvalue weighted by atomic mass is 10.2. The minimum Gasteiger partial charge on any atom is -0.497 e. The van der Waals surface area contributed by atoms with E-state index < -0.39 is 5.91 Å². The summed E-state index contributed by atoms with van der Waals surface area (Å²) in [5, 5.41) is 0. The van der Waals surface area contributed by atoms with Crippen LogP contribution in [0.1, 0.15) is 10.4 Å². The topological polar surface area (TPSA) is 70.8 Å². The van der Waals surface area contributed by atoms with Gasteiger partial charge in [-0.15, -0.1) is 0 Å². The van der Waals surface area contributed by atoms with Crippen LogP contribution in [0.3, 0.4) is 0 Å². The second-order valence-electron chi connectivity index (χ2n) is 4.38. The SMILES string of the molecule is COc1ccc(C(N)=O)c(OCCOc2ccc(F)cc2)c1. The Hall–Kier alpha value is -2.76. The van der Waals surface area contributed by atoms with Crippen LogP contribution in [0.5, 0.6) is 17.2 Å². The number of methoxy groups -OCH3 is 1. The minimum atomic E-state index is -0.586. The summed E-state index contributed by atoms with van der Waals surface area (Å²) in [5.41, 5.74) is 5.56. The van der Waals surface area contributed by atoms with Gasteiger partial charge >= 0.3 is 0 Å². The molecule has 22 heavy (non-hydrogen) atoms. The molecule has 0 aromatic heterocycles. The molecule has 0 saturated heterocycles. The molecule has 0 heterocycles. The Morgan fingerprint density at radius 2 is 1.68 bits per heavy atom. The van der Waals surface area contributed by atoms with Crippen molar-refractivity contribution in [1.29, 1.82) is 0 Å². The quantitative estimate of drug-likeness (QED) is 0.797. The molecule has 116 valence electrons. The summed E-state index contributed by atoms with van der Waals surface area (Å²) in [4.78, 5) is 11.3. The van der Waals surface area contributed by atoms with Crippen LogP contribution >= 0.6 is 0 Å². The van der Waals surface area contributed by atoms with Gasteiger partial charge in [-0.25, -0.2) is 4.39 Å². The Morgan fingerprint density at radius 3 is 2.32 bits per heavy atom. The van der Waals surface area contributed by atoms with Crippen LogP contribution in [-0.2, 0) is 0 Å². The first-order valence-corrected chi connectivity index (χ1v) is 6.59. The van der Waals surface area contributed by atoms with E-state index in [0.29, 0.717) is 17.2 Å². The number of primary amides is 1. The van der Waals surface area contributed by atoms with E-state index in [1.165, 1.54) is 37.4 Å². The van der Waals surface area contributed by atoms with Crippen molar-refractivity contribution in [2.45, 2.75) is 0 Å². The molecule has 2 aromatic carbocycles. The maximum atomic E-state index is 12.8. The molecule has 0 radical (unpaired) electrons. The first-order chi connectivity index (χ1) is 10.6. The number of hydrogen-bond donors (Lipinski definition) is 1. The van der Waals surface area contributed by atoms with Gasteiger partial charge in [0.1, 0.15) is 36.3 Å². The normalized spacial score (nSPS) is 10.1. The summed E-state index contributed by atoms with van der Waals surface area (Å²) in [6, 6.07) is 10.4. The monoisotopic (exact) mass is 305 g/mol. The Balaban J connectivity index is 1.93. The summed E-state index contributed by atoms with van der Waals surface area (Å²) in [6.45, 7) is 0.436. The molecular weight excluding hydrogens is 289 g/mol.